The first kappa shape index (κ1) is 13.0. The van der Waals surface area contributed by atoms with Crippen molar-refractivity contribution >= 4 is 11.5 Å². The molecule has 21 heavy (non-hydrogen) atoms. The van der Waals surface area contributed by atoms with E-state index >= 15 is 0 Å². The van der Waals surface area contributed by atoms with E-state index in [2.05, 4.69) is 9.97 Å². The first-order valence-corrected chi connectivity index (χ1v) is 6.50. The molecule has 3 rings (SSSR count). The second-order valence-corrected chi connectivity index (χ2v) is 4.62. The number of nitrogen functional groups attached to an aromatic ring is 1. The fourth-order valence-electron chi connectivity index (χ4n) is 2.13. The highest BCUT2D eigenvalue weighted by Crippen LogP contribution is 2.24. The average Bonchev–Trinajstić information content (AvgIpc) is 2.56. The van der Waals surface area contributed by atoms with E-state index in [0.717, 1.165) is 11.1 Å². The van der Waals surface area contributed by atoms with Crippen molar-refractivity contribution in [3.05, 3.63) is 78.4 Å². The van der Waals surface area contributed by atoms with Gasteiger partial charge in [0.25, 0.3) is 0 Å². The predicted molar refractivity (Wildman–Crippen MR) is 81.8 cm³/mol. The number of anilines is 1. The molecule has 0 radical (unpaired) electrons. The molecule has 4 nitrogen and oxygen atoms in total. The van der Waals surface area contributed by atoms with E-state index in [9.17, 15) is 4.79 Å². The van der Waals surface area contributed by atoms with Crippen LogP contribution in [0.4, 0.5) is 5.69 Å². The van der Waals surface area contributed by atoms with Crippen LogP contribution in [-0.2, 0) is 0 Å². The molecule has 0 aliphatic carbocycles. The van der Waals surface area contributed by atoms with Crippen molar-refractivity contribution in [1.82, 2.24) is 9.97 Å². The Bertz CT molecular complexity index is 771. The molecule has 0 saturated heterocycles. The van der Waals surface area contributed by atoms with E-state index in [1.54, 1.807) is 36.7 Å². The van der Waals surface area contributed by atoms with Gasteiger partial charge < -0.3 is 5.73 Å². The van der Waals surface area contributed by atoms with Gasteiger partial charge in [0.2, 0.25) is 0 Å². The number of ketones is 1. The highest BCUT2D eigenvalue weighted by atomic mass is 16.1. The summed E-state index contributed by atoms with van der Waals surface area (Å²) in [5.41, 5.74) is 9.23. The quantitative estimate of drug-likeness (QED) is 0.589. The van der Waals surface area contributed by atoms with Crippen LogP contribution in [0.3, 0.4) is 0 Å². The molecule has 0 unspecified atom stereocenters. The number of rotatable bonds is 3. The van der Waals surface area contributed by atoms with Crippen molar-refractivity contribution in [1.29, 1.82) is 0 Å². The number of hydrogen-bond donors (Lipinski definition) is 1. The summed E-state index contributed by atoms with van der Waals surface area (Å²) in [7, 11) is 0. The van der Waals surface area contributed by atoms with E-state index in [0.29, 0.717) is 16.8 Å². The summed E-state index contributed by atoms with van der Waals surface area (Å²) in [6.07, 6.45) is 4.88. The second-order valence-electron chi connectivity index (χ2n) is 4.62. The molecule has 2 N–H and O–H groups in total. The normalized spacial score (nSPS) is 10.3. The van der Waals surface area contributed by atoms with Gasteiger partial charge in [-0.25, -0.2) is 9.97 Å². The van der Waals surface area contributed by atoms with Crippen LogP contribution in [0.2, 0.25) is 0 Å². The fourth-order valence-corrected chi connectivity index (χ4v) is 2.13. The smallest absolute Gasteiger partial charge is 0.195 e. The Balaban J connectivity index is 2.05. The zero-order chi connectivity index (χ0) is 14.7. The molecule has 0 amide bonds. The third-order valence-corrected chi connectivity index (χ3v) is 3.23. The van der Waals surface area contributed by atoms with Gasteiger partial charge in [-0.2, -0.15) is 0 Å². The molecule has 1 heterocycles. The summed E-state index contributed by atoms with van der Waals surface area (Å²) in [6, 6.07) is 14.5. The van der Waals surface area contributed by atoms with Gasteiger partial charge in [0.1, 0.15) is 6.33 Å². The van der Waals surface area contributed by atoms with Gasteiger partial charge in [0, 0.05) is 34.8 Å². The summed E-state index contributed by atoms with van der Waals surface area (Å²) in [4.78, 5) is 20.5. The van der Waals surface area contributed by atoms with Gasteiger partial charge >= 0.3 is 0 Å². The SMILES string of the molecule is Nc1ccc(-c2cncnc2)cc1C(=O)c1ccccc1. The molecule has 0 spiro atoms. The molecule has 0 aliphatic rings. The van der Waals surface area contributed by atoms with Gasteiger partial charge in [-0.05, 0) is 17.7 Å². The van der Waals surface area contributed by atoms with Gasteiger partial charge in [0.15, 0.2) is 5.78 Å². The summed E-state index contributed by atoms with van der Waals surface area (Å²) in [6.45, 7) is 0. The molecule has 4 heteroatoms. The van der Waals surface area contributed by atoms with Crippen molar-refractivity contribution in [2.45, 2.75) is 0 Å². The maximum Gasteiger partial charge on any atom is 0.195 e. The maximum absolute atomic E-state index is 12.5. The minimum absolute atomic E-state index is 0.0909. The molecule has 1 aromatic heterocycles. The van der Waals surface area contributed by atoms with E-state index in [1.807, 2.05) is 24.3 Å². The van der Waals surface area contributed by atoms with E-state index in [1.165, 1.54) is 6.33 Å². The van der Waals surface area contributed by atoms with Gasteiger partial charge in [-0.1, -0.05) is 36.4 Å². The standard InChI is InChI=1S/C17H13N3O/c18-16-7-6-13(14-9-19-11-20-10-14)8-15(16)17(21)12-4-2-1-3-5-12/h1-11H,18H2. The van der Waals surface area contributed by atoms with Gasteiger partial charge in [0.05, 0.1) is 0 Å². The summed E-state index contributed by atoms with van der Waals surface area (Å²) in [5, 5.41) is 0. The van der Waals surface area contributed by atoms with Crippen LogP contribution in [0.25, 0.3) is 11.1 Å². The Morgan fingerprint density at radius 3 is 2.33 bits per heavy atom. The number of hydrogen-bond acceptors (Lipinski definition) is 4. The van der Waals surface area contributed by atoms with Gasteiger partial charge in [-0.15, -0.1) is 0 Å². The average molecular weight is 275 g/mol. The lowest BCUT2D eigenvalue weighted by atomic mass is 9.98. The van der Waals surface area contributed by atoms with Crippen LogP contribution in [0.5, 0.6) is 0 Å². The molecule has 102 valence electrons. The number of carbonyl (C=O) groups is 1. The number of carbonyl (C=O) groups excluding carboxylic acids is 1. The second kappa shape index (κ2) is 5.54. The topological polar surface area (TPSA) is 68.9 Å². The lowest BCUT2D eigenvalue weighted by molar-refractivity contribution is 0.103. The minimum Gasteiger partial charge on any atom is -0.398 e. The largest absolute Gasteiger partial charge is 0.398 e. The van der Waals surface area contributed by atoms with Crippen LogP contribution in [0.1, 0.15) is 15.9 Å². The van der Waals surface area contributed by atoms with E-state index in [-0.39, 0.29) is 5.78 Å². The van der Waals surface area contributed by atoms with Crippen molar-refractivity contribution in [2.75, 3.05) is 5.73 Å². The Kier molecular flexibility index (Phi) is 3.43. The number of aromatic nitrogens is 2. The minimum atomic E-state index is -0.0909. The predicted octanol–water partition coefficient (Wildman–Crippen LogP) is 2.96. The van der Waals surface area contributed by atoms with Crippen LogP contribution in [0.15, 0.2) is 67.3 Å². The van der Waals surface area contributed by atoms with Crippen LogP contribution in [-0.4, -0.2) is 15.8 Å². The Morgan fingerprint density at radius 1 is 0.905 bits per heavy atom. The Labute approximate surface area is 122 Å². The Hall–Kier alpha value is -3.01. The van der Waals surface area contributed by atoms with Crippen LogP contribution < -0.4 is 5.73 Å². The number of nitrogens with zero attached hydrogens (tertiary/aromatic N) is 2. The van der Waals surface area contributed by atoms with Crippen molar-refractivity contribution in [2.24, 2.45) is 0 Å². The van der Waals surface area contributed by atoms with Gasteiger partial charge in [-0.3, -0.25) is 4.79 Å². The first-order valence-electron chi connectivity index (χ1n) is 6.50. The summed E-state index contributed by atoms with van der Waals surface area (Å²) in [5.74, 6) is -0.0909. The molecule has 0 saturated carbocycles. The molecule has 2 aromatic carbocycles. The third-order valence-electron chi connectivity index (χ3n) is 3.23. The highest BCUT2D eigenvalue weighted by molar-refractivity contribution is 6.12. The number of benzene rings is 2. The van der Waals surface area contributed by atoms with Crippen LogP contribution in [0, 0.1) is 0 Å². The first-order chi connectivity index (χ1) is 10.3. The lowest BCUT2D eigenvalue weighted by Gasteiger charge is -2.08. The van der Waals surface area contributed by atoms with E-state index < -0.39 is 0 Å². The fraction of sp³-hybridized carbons (Fsp3) is 0. The van der Waals surface area contributed by atoms with Crippen LogP contribution >= 0.6 is 0 Å². The number of nitrogens with two attached hydrogens (primary N) is 1. The highest BCUT2D eigenvalue weighted by Gasteiger charge is 2.13. The van der Waals surface area contributed by atoms with Crippen molar-refractivity contribution < 1.29 is 4.79 Å². The molecular weight excluding hydrogens is 262 g/mol. The summed E-state index contributed by atoms with van der Waals surface area (Å²) >= 11 is 0. The van der Waals surface area contributed by atoms with E-state index in [4.69, 9.17) is 5.73 Å². The molecule has 0 bridgehead atoms. The summed E-state index contributed by atoms with van der Waals surface area (Å²) < 4.78 is 0. The molecular formula is C17H13N3O. The zero-order valence-corrected chi connectivity index (χ0v) is 11.2. The molecule has 3 aromatic rings. The molecule has 0 aliphatic heterocycles. The zero-order valence-electron chi connectivity index (χ0n) is 11.2. The Morgan fingerprint density at radius 2 is 1.62 bits per heavy atom. The molecule has 0 fully saturated rings. The maximum atomic E-state index is 12.5. The van der Waals surface area contributed by atoms with Crippen molar-refractivity contribution in [3.63, 3.8) is 0 Å². The van der Waals surface area contributed by atoms with Crippen molar-refractivity contribution in [3.8, 4) is 11.1 Å². The third kappa shape index (κ3) is 2.65. The lowest BCUT2D eigenvalue weighted by Crippen LogP contribution is -2.05. The molecule has 0 atom stereocenters. The monoisotopic (exact) mass is 275 g/mol.